The quantitative estimate of drug-likeness (QED) is 0.908. The van der Waals surface area contributed by atoms with Gasteiger partial charge in [-0.2, -0.15) is 5.10 Å². The number of nitrogens with one attached hydrogen (secondary N) is 1. The van der Waals surface area contributed by atoms with E-state index < -0.39 is 5.82 Å². The van der Waals surface area contributed by atoms with Gasteiger partial charge in [0.2, 0.25) is 0 Å². The first kappa shape index (κ1) is 15.0. The molecule has 1 heterocycles. The van der Waals surface area contributed by atoms with Crippen LogP contribution in [0.5, 0.6) is 0 Å². The monoisotopic (exact) mass is 359 g/mol. The summed E-state index contributed by atoms with van der Waals surface area (Å²) in [5.41, 5.74) is 1.19. The molecule has 106 valence electrons. The van der Waals surface area contributed by atoms with E-state index in [2.05, 4.69) is 26.3 Å². The third-order valence-corrected chi connectivity index (χ3v) is 3.81. The fraction of sp³-hybridized carbons (Fsp3) is 0.231. The first-order chi connectivity index (χ1) is 9.52. The van der Waals surface area contributed by atoms with Crippen molar-refractivity contribution in [3.8, 4) is 0 Å². The van der Waals surface area contributed by atoms with Gasteiger partial charge >= 0.3 is 0 Å². The number of aryl methyl sites for hydroxylation is 1. The van der Waals surface area contributed by atoms with Gasteiger partial charge in [-0.05, 0) is 40.5 Å². The van der Waals surface area contributed by atoms with Gasteiger partial charge < -0.3 is 5.32 Å². The number of hydrogen-bond acceptors (Lipinski definition) is 3. The summed E-state index contributed by atoms with van der Waals surface area (Å²) in [6.07, 6.45) is 1.57. The molecule has 2 rings (SSSR count). The summed E-state index contributed by atoms with van der Waals surface area (Å²) in [5, 5.41) is 7.16. The normalized spacial score (nSPS) is 10.6. The van der Waals surface area contributed by atoms with Gasteiger partial charge in [0.25, 0.3) is 5.56 Å². The fourth-order valence-corrected chi connectivity index (χ4v) is 2.31. The molecule has 0 aliphatic rings. The number of nitrogens with zero attached hydrogens (tertiary/aromatic N) is 2. The van der Waals surface area contributed by atoms with Gasteiger partial charge in [0.1, 0.15) is 10.3 Å². The first-order valence-electron chi connectivity index (χ1n) is 5.96. The molecule has 1 aromatic heterocycles. The van der Waals surface area contributed by atoms with Gasteiger partial charge in [-0.3, -0.25) is 4.79 Å². The molecule has 1 aromatic carbocycles. The van der Waals surface area contributed by atoms with Gasteiger partial charge in [-0.25, -0.2) is 9.07 Å². The van der Waals surface area contributed by atoms with Crippen molar-refractivity contribution < 1.29 is 4.39 Å². The van der Waals surface area contributed by atoms with Crippen LogP contribution in [0.1, 0.15) is 12.5 Å². The van der Waals surface area contributed by atoms with E-state index in [0.29, 0.717) is 23.2 Å². The van der Waals surface area contributed by atoms with Crippen LogP contribution in [0.3, 0.4) is 0 Å². The number of benzene rings is 1. The zero-order valence-electron chi connectivity index (χ0n) is 10.7. The molecule has 0 amide bonds. The van der Waals surface area contributed by atoms with E-state index in [-0.39, 0.29) is 10.6 Å². The number of hydrogen-bond donors (Lipinski definition) is 1. The van der Waals surface area contributed by atoms with Crippen LogP contribution in [0.25, 0.3) is 0 Å². The van der Waals surface area contributed by atoms with Crippen molar-refractivity contribution in [3.63, 3.8) is 0 Å². The second-order valence-corrected chi connectivity index (χ2v) is 5.30. The van der Waals surface area contributed by atoms with Crippen LogP contribution in [-0.4, -0.2) is 9.78 Å². The Bertz CT molecular complexity index is 690. The third kappa shape index (κ3) is 3.19. The molecule has 0 bridgehead atoms. The molecule has 1 N–H and O–H groups in total. The topological polar surface area (TPSA) is 46.9 Å². The maximum absolute atomic E-state index is 13.0. The third-order valence-electron chi connectivity index (χ3n) is 2.75. The largest absolute Gasteiger partial charge is 0.379 e. The second-order valence-electron chi connectivity index (χ2n) is 4.10. The number of rotatable bonds is 4. The molecule has 0 fully saturated rings. The minimum Gasteiger partial charge on any atom is -0.379 e. The Morgan fingerprint density at radius 3 is 2.90 bits per heavy atom. The minimum absolute atomic E-state index is 0.0721. The van der Waals surface area contributed by atoms with Gasteiger partial charge in [0.15, 0.2) is 0 Å². The summed E-state index contributed by atoms with van der Waals surface area (Å²) in [7, 11) is 0. The van der Waals surface area contributed by atoms with Crippen molar-refractivity contribution in [2.45, 2.75) is 20.0 Å². The van der Waals surface area contributed by atoms with Crippen LogP contribution in [0.15, 0.2) is 33.7 Å². The Morgan fingerprint density at radius 1 is 1.50 bits per heavy atom. The minimum atomic E-state index is -0.455. The lowest BCUT2D eigenvalue weighted by atomic mass is 10.2. The Kier molecular flexibility index (Phi) is 4.77. The smallest absolute Gasteiger partial charge is 0.283 e. The van der Waals surface area contributed by atoms with E-state index in [0.717, 1.165) is 5.56 Å². The summed E-state index contributed by atoms with van der Waals surface area (Å²) < 4.78 is 14.8. The van der Waals surface area contributed by atoms with Crippen LogP contribution in [-0.2, 0) is 13.1 Å². The highest BCUT2D eigenvalue weighted by molar-refractivity contribution is 9.10. The summed E-state index contributed by atoms with van der Waals surface area (Å²) >= 11 is 8.96. The van der Waals surface area contributed by atoms with E-state index in [1.807, 2.05) is 6.92 Å². The fourth-order valence-electron chi connectivity index (χ4n) is 1.66. The molecular formula is C13H12BrClFN3O. The predicted octanol–water partition coefficient (Wildman–Crippen LogP) is 3.43. The van der Waals surface area contributed by atoms with E-state index in [9.17, 15) is 9.18 Å². The van der Waals surface area contributed by atoms with E-state index in [1.165, 1.54) is 10.7 Å². The van der Waals surface area contributed by atoms with Crippen molar-refractivity contribution in [2.24, 2.45) is 0 Å². The van der Waals surface area contributed by atoms with E-state index >= 15 is 0 Å². The maximum Gasteiger partial charge on any atom is 0.283 e. The molecule has 0 atom stereocenters. The standard InChI is InChI=1S/C13H12BrClFN3O/c1-2-19-13(20)12(14)11(7-18-19)17-6-8-3-4-10(16)9(15)5-8/h3-5,7,17H,2,6H2,1H3. The van der Waals surface area contributed by atoms with Gasteiger partial charge in [-0.1, -0.05) is 17.7 Å². The molecular weight excluding hydrogens is 349 g/mol. The van der Waals surface area contributed by atoms with E-state index in [1.54, 1.807) is 18.3 Å². The van der Waals surface area contributed by atoms with Crippen molar-refractivity contribution >= 4 is 33.2 Å². The highest BCUT2D eigenvalue weighted by atomic mass is 79.9. The van der Waals surface area contributed by atoms with Crippen LogP contribution in [0.4, 0.5) is 10.1 Å². The Morgan fingerprint density at radius 2 is 2.25 bits per heavy atom. The Labute approximate surface area is 128 Å². The molecule has 0 aliphatic carbocycles. The molecule has 0 spiro atoms. The molecule has 20 heavy (non-hydrogen) atoms. The Hall–Kier alpha value is -1.40. The lowest BCUT2D eigenvalue weighted by Gasteiger charge is -2.10. The van der Waals surface area contributed by atoms with Crippen molar-refractivity contribution in [1.29, 1.82) is 0 Å². The second kappa shape index (κ2) is 6.37. The predicted molar refractivity (Wildman–Crippen MR) is 80.6 cm³/mol. The molecule has 7 heteroatoms. The van der Waals surface area contributed by atoms with Crippen LogP contribution in [0, 0.1) is 5.82 Å². The number of anilines is 1. The van der Waals surface area contributed by atoms with Crippen molar-refractivity contribution in [3.05, 3.63) is 55.6 Å². The molecule has 0 saturated carbocycles. The van der Waals surface area contributed by atoms with Gasteiger partial charge in [-0.15, -0.1) is 0 Å². The molecule has 0 aliphatic heterocycles. The highest BCUT2D eigenvalue weighted by Gasteiger charge is 2.08. The first-order valence-corrected chi connectivity index (χ1v) is 7.13. The van der Waals surface area contributed by atoms with E-state index in [4.69, 9.17) is 11.6 Å². The maximum atomic E-state index is 13.0. The van der Waals surface area contributed by atoms with Crippen molar-refractivity contribution in [1.82, 2.24) is 9.78 Å². The number of halogens is 3. The van der Waals surface area contributed by atoms with Crippen molar-refractivity contribution in [2.75, 3.05) is 5.32 Å². The lowest BCUT2D eigenvalue weighted by molar-refractivity contribution is 0.613. The van der Waals surface area contributed by atoms with Crippen LogP contribution >= 0.6 is 27.5 Å². The molecule has 0 radical (unpaired) electrons. The van der Waals surface area contributed by atoms with Gasteiger partial charge in [0.05, 0.1) is 16.9 Å². The highest BCUT2D eigenvalue weighted by Crippen LogP contribution is 2.19. The zero-order chi connectivity index (χ0) is 14.7. The number of aromatic nitrogens is 2. The molecule has 0 saturated heterocycles. The molecule has 2 aromatic rings. The summed E-state index contributed by atoms with van der Waals surface area (Å²) in [6.45, 7) is 2.76. The average Bonchev–Trinajstić information content (AvgIpc) is 2.44. The SMILES string of the molecule is CCn1ncc(NCc2ccc(F)c(Cl)c2)c(Br)c1=O. The van der Waals surface area contributed by atoms with Gasteiger partial charge in [0, 0.05) is 13.1 Å². The molecule has 0 unspecified atom stereocenters. The summed E-state index contributed by atoms with van der Waals surface area (Å²) in [4.78, 5) is 11.9. The van der Waals surface area contributed by atoms with Crippen LogP contribution in [0.2, 0.25) is 5.02 Å². The summed E-state index contributed by atoms with van der Waals surface area (Å²) in [6, 6.07) is 4.48. The Balaban J connectivity index is 2.17. The zero-order valence-corrected chi connectivity index (χ0v) is 13.0. The lowest BCUT2D eigenvalue weighted by Crippen LogP contribution is -2.23. The summed E-state index contributed by atoms with van der Waals surface area (Å²) in [5.74, 6) is -0.455. The molecule has 4 nitrogen and oxygen atoms in total. The average molecular weight is 361 g/mol. The van der Waals surface area contributed by atoms with Crippen LogP contribution < -0.4 is 10.9 Å².